The van der Waals surface area contributed by atoms with Gasteiger partial charge in [-0.15, -0.1) is 13.2 Å². The van der Waals surface area contributed by atoms with Crippen molar-refractivity contribution in [3.05, 3.63) is 119 Å². The highest BCUT2D eigenvalue weighted by Crippen LogP contribution is 2.27. The van der Waals surface area contributed by atoms with Crippen LogP contribution < -0.4 is 19.6 Å². The number of ether oxygens (including phenoxy) is 2. The van der Waals surface area contributed by atoms with E-state index in [9.17, 15) is 22.8 Å². The van der Waals surface area contributed by atoms with Crippen molar-refractivity contribution >= 4 is 16.9 Å². The highest BCUT2D eigenvalue weighted by molar-refractivity contribution is 5.79. The first kappa shape index (κ1) is 31.2. The fourth-order valence-corrected chi connectivity index (χ4v) is 5.03. The second kappa shape index (κ2) is 13.2. The Morgan fingerprint density at radius 2 is 1.71 bits per heavy atom. The molecule has 5 rings (SSSR count). The molecule has 9 nitrogen and oxygen atoms in total. The molecule has 0 unspecified atom stereocenters. The Morgan fingerprint density at radius 3 is 2.38 bits per heavy atom. The number of halogens is 3. The fourth-order valence-electron chi connectivity index (χ4n) is 5.03. The van der Waals surface area contributed by atoms with Crippen LogP contribution in [-0.4, -0.2) is 38.3 Å². The van der Waals surface area contributed by atoms with Crippen LogP contribution in [0.1, 0.15) is 36.8 Å². The second-order valence-electron chi connectivity index (χ2n) is 10.4. The molecule has 0 spiro atoms. The summed E-state index contributed by atoms with van der Waals surface area (Å²) >= 11 is 0. The number of benzene rings is 2. The summed E-state index contributed by atoms with van der Waals surface area (Å²) in [7, 11) is 1.86. The van der Waals surface area contributed by atoms with Gasteiger partial charge in [-0.05, 0) is 74.0 Å². The third kappa shape index (κ3) is 7.46. The molecule has 3 aromatic heterocycles. The van der Waals surface area contributed by atoms with Crippen molar-refractivity contribution in [1.29, 1.82) is 0 Å². The van der Waals surface area contributed by atoms with Crippen LogP contribution in [0.4, 0.5) is 13.2 Å². The molecular weight excluding hydrogens is 587 g/mol. The number of amides is 1. The zero-order valence-electron chi connectivity index (χ0n) is 24.9. The molecule has 0 radical (unpaired) electrons. The molecule has 0 aliphatic carbocycles. The Morgan fingerprint density at radius 1 is 1.00 bits per heavy atom. The molecular formula is C33H31F3N5O4+. The van der Waals surface area contributed by atoms with E-state index < -0.39 is 12.4 Å². The fraction of sp³-hybridized carbons (Fsp3) is 0.242. The molecule has 0 saturated carbocycles. The Bertz CT molecular complexity index is 1860. The highest BCUT2D eigenvalue weighted by atomic mass is 19.4. The van der Waals surface area contributed by atoms with E-state index in [0.29, 0.717) is 29.0 Å². The van der Waals surface area contributed by atoms with Crippen molar-refractivity contribution in [2.75, 3.05) is 6.61 Å². The topological polar surface area (TPSA) is 90.4 Å². The lowest BCUT2D eigenvalue weighted by Crippen LogP contribution is -2.38. The quantitative estimate of drug-likeness (QED) is 0.199. The summed E-state index contributed by atoms with van der Waals surface area (Å²) in [6, 6.07) is 18.5. The van der Waals surface area contributed by atoms with E-state index >= 15 is 0 Å². The number of aryl methyl sites for hydroxylation is 1. The monoisotopic (exact) mass is 618 g/mol. The van der Waals surface area contributed by atoms with Crippen LogP contribution in [-0.2, 0) is 24.8 Å². The summed E-state index contributed by atoms with van der Waals surface area (Å²) in [5.74, 6) is 0.220. The summed E-state index contributed by atoms with van der Waals surface area (Å²) in [5.41, 5.74) is 1.73. The second-order valence-corrected chi connectivity index (χ2v) is 10.4. The Labute approximate surface area is 257 Å². The van der Waals surface area contributed by atoms with E-state index in [1.54, 1.807) is 54.4 Å². The molecule has 1 amide bonds. The maximum atomic E-state index is 14.0. The molecule has 2 aromatic carbocycles. The highest BCUT2D eigenvalue weighted by Gasteiger charge is 2.31. The number of rotatable bonds is 10. The van der Waals surface area contributed by atoms with Crippen LogP contribution in [0.2, 0.25) is 0 Å². The Hall–Kier alpha value is -5.26. The van der Waals surface area contributed by atoms with Crippen LogP contribution in [0.15, 0.2) is 96.2 Å². The number of carbonyl (C=O) groups is 1. The van der Waals surface area contributed by atoms with Gasteiger partial charge in [0.1, 0.15) is 24.4 Å². The number of nitrogens with zero attached hydrogens (tertiary/aromatic N) is 5. The largest absolute Gasteiger partial charge is 0.573 e. The number of fused-ring (bicyclic) bond motifs is 1. The van der Waals surface area contributed by atoms with Crippen molar-refractivity contribution in [3.63, 3.8) is 0 Å². The van der Waals surface area contributed by atoms with E-state index in [-0.39, 0.29) is 41.7 Å². The SMILES string of the molecule is CCOc1ccc(-n2c([C@@H](C)N(Cc3ccc[n+](C)c3)C(=O)Cc3ccc(OC(F)(F)F)cc3)nc3ncccc3c2=O)cc1. The van der Waals surface area contributed by atoms with Crippen molar-refractivity contribution in [3.8, 4) is 17.2 Å². The molecule has 0 bridgehead atoms. The van der Waals surface area contributed by atoms with Gasteiger partial charge in [0.25, 0.3) is 5.56 Å². The van der Waals surface area contributed by atoms with Crippen molar-refractivity contribution < 1.29 is 32.0 Å². The first-order chi connectivity index (χ1) is 21.5. The average Bonchev–Trinajstić information content (AvgIpc) is 3.00. The third-order valence-electron chi connectivity index (χ3n) is 7.10. The lowest BCUT2D eigenvalue weighted by molar-refractivity contribution is -0.672. The standard InChI is InChI=1S/C33H31F3N5O4/c1-4-44-26-15-11-25(12-16-26)41-31(38-30-28(32(41)43)8-5-17-37-30)22(2)40(21-24-7-6-18-39(3)20-24)29(42)19-23-9-13-27(14-10-23)45-33(34,35)36/h5-18,20,22H,4,19,21H2,1-3H3/q+1/t22-/m1/s1. The van der Waals surface area contributed by atoms with Gasteiger partial charge in [-0.25, -0.2) is 14.5 Å². The summed E-state index contributed by atoms with van der Waals surface area (Å²) in [6.45, 7) is 4.31. The predicted octanol–water partition coefficient (Wildman–Crippen LogP) is 5.24. The first-order valence-electron chi connectivity index (χ1n) is 14.2. The van der Waals surface area contributed by atoms with E-state index in [1.165, 1.54) is 28.8 Å². The number of aromatic nitrogens is 4. The summed E-state index contributed by atoms with van der Waals surface area (Å²) in [4.78, 5) is 38.6. The summed E-state index contributed by atoms with van der Waals surface area (Å²) in [6.07, 6.45) is 0.351. The van der Waals surface area contributed by atoms with E-state index in [4.69, 9.17) is 9.72 Å². The van der Waals surface area contributed by atoms with Crippen LogP contribution in [0.3, 0.4) is 0 Å². The molecule has 45 heavy (non-hydrogen) atoms. The minimum absolute atomic E-state index is 0.116. The molecule has 1 atom stereocenters. The molecule has 0 aliphatic heterocycles. The van der Waals surface area contributed by atoms with Crippen molar-refractivity contribution in [1.82, 2.24) is 19.4 Å². The molecule has 3 heterocycles. The van der Waals surface area contributed by atoms with Gasteiger partial charge in [0.15, 0.2) is 18.0 Å². The van der Waals surface area contributed by atoms with Gasteiger partial charge in [0.2, 0.25) is 5.91 Å². The van der Waals surface area contributed by atoms with Gasteiger partial charge in [0, 0.05) is 17.8 Å². The van der Waals surface area contributed by atoms with Crippen LogP contribution in [0.5, 0.6) is 11.5 Å². The molecule has 5 aromatic rings. The smallest absolute Gasteiger partial charge is 0.494 e. The maximum absolute atomic E-state index is 14.0. The zero-order chi connectivity index (χ0) is 32.1. The minimum atomic E-state index is -4.82. The van der Waals surface area contributed by atoms with Crippen LogP contribution >= 0.6 is 0 Å². The normalized spacial score (nSPS) is 12.1. The molecule has 232 valence electrons. The number of hydrogen-bond acceptors (Lipinski definition) is 6. The van der Waals surface area contributed by atoms with E-state index in [0.717, 1.165) is 5.56 Å². The predicted molar refractivity (Wildman–Crippen MR) is 160 cm³/mol. The summed E-state index contributed by atoms with van der Waals surface area (Å²) < 4.78 is 50.8. The van der Waals surface area contributed by atoms with Crippen LogP contribution in [0, 0.1) is 0 Å². The lowest BCUT2D eigenvalue weighted by atomic mass is 10.1. The molecule has 0 N–H and O–H groups in total. The van der Waals surface area contributed by atoms with Crippen molar-refractivity contribution in [2.24, 2.45) is 7.05 Å². The lowest BCUT2D eigenvalue weighted by Gasteiger charge is -2.30. The number of pyridine rings is 2. The Kier molecular flexibility index (Phi) is 9.12. The first-order valence-corrected chi connectivity index (χ1v) is 14.2. The maximum Gasteiger partial charge on any atom is 0.573 e. The molecule has 0 saturated heterocycles. The van der Waals surface area contributed by atoms with Crippen LogP contribution in [0.25, 0.3) is 16.7 Å². The van der Waals surface area contributed by atoms with E-state index in [2.05, 4.69) is 9.72 Å². The minimum Gasteiger partial charge on any atom is -0.494 e. The van der Waals surface area contributed by atoms with E-state index in [1.807, 2.05) is 43.1 Å². The molecule has 12 heteroatoms. The number of hydrogen-bond donors (Lipinski definition) is 0. The molecule has 0 fully saturated rings. The summed E-state index contributed by atoms with van der Waals surface area (Å²) in [5, 5.41) is 0.316. The Balaban J connectivity index is 1.57. The van der Waals surface area contributed by atoms with Gasteiger partial charge in [-0.1, -0.05) is 12.1 Å². The number of carbonyl (C=O) groups excluding carboxylic acids is 1. The third-order valence-corrected chi connectivity index (χ3v) is 7.10. The average molecular weight is 619 g/mol. The van der Waals surface area contributed by atoms with Crippen molar-refractivity contribution in [2.45, 2.75) is 39.2 Å². The molecule has 0 aliphatic rings. The zero-order valence-corrected chi connectivity index (χ0v) is 24.9. The number of alkyl halides is 3. The van der Waals surface area contributed by atoms with Gasteiger partial charge in [-0.3, -0.25) is 14.2 Å². The van der Waals surface area contributed by atoms with Gasteiger partial charge in [0.05, 0.1) is 36.7 Å². The van der Waals surface area contributed by atoms with Gasteiger partial charge in [-0.2, -0.15) is 0 Å². The van der Waals surface area contributed by atoms with Gasteiger partial charge >= 0.3 is 6.36 Å². The van der Waals surface area contributed by atoms with Gasteiger partial charge < -0.3 is 14.4 Å².